The van der Waals surface area contributed by atoms with Gasteiger partial charge in [0.05, 0.1) is 0 Å². The number of benzene rings is 1. The van der Waals surface area contributed by atoms with Crippen molar-refractivity contribution in [2.75, 3.05) is 7.05 Å². The predicted octanol–water partition coefficient (Wildman–Crippen LogP) is 4.20. The summed E-state index contributed by atoms with van der Waals surface area (Å²) in [5.74, 6) is -1.53. The van der Waals surface area contributed by atoms with E-state index in [1.54, 1.807) is 6.07 Å². The monoisotopic (exact) mass is 253 g/mol. The summed E-state index contributed by atoms with van der Waals surface area (Å²) in [6.45, 7) is 2.19. The fourth-order valence-corrected chi connectivity index (χ4v) is 3.44. The summed E-state index contributed by atoms with van der Waals surface area (Å²) in [4.78, 5) is 0. The number of halogens is 2. The largest absolute Gasteiger partial charge is 0.313 e. The van der Waals surface area contributed by atoms with Crippen LogP contribution in [0.4, 0.5) is 8.78 Å². The molecule has 0 amide bonds. The second-order valence-corrected chi connectivity index (χ2v) is 5.32. The molecule has 0 heterocycles. The van der Waals surface area contributed by atoms with Gasteiger partial charge in [-0.1, -0.05) is 25.8 Å². The van der Waals surface area contributed by atoms with Crippen LogP contribution < -0.4 is 5.32 Å². The van der Waals surface area contributed by atoms with E-state index in [0.29, 0.717) is 0 Å². The van der Waals surface area contributed by atoms with E-state index < -0.39 is 11.6 Å². The molecule has 0 aliphatic heterocycles. The van der Waals surface area contributed by atoms with Crippen LogP contribution in [0.15, 0.2) is 18.2 Å². The molecule has 0 aromatic heterocycles. The van der Waals surface area contributed by atoms with Gasteiger partial charge < -0.3 is 5.32 Å². The molecule has 100 valence electrons. The first-order chi connectivity index (χ1) is 8.63. The van der Waals surface area contributed by atoms with Gasteiger partial charge in [-0.3, -0.25) is 0 Å². The number of hydrogen-bond donors (Lipinski definition) is 1. The van der Waals surface area contributed by atoms with Gasteiger partial charge in [0.25, 0.3) is 0 Å². The van der Waals surface area contributed by atoms with Crippen LogP contribution in [-0.2, 0) is 0 Å². The first kappa shape index (κ1) is 13.5. The first-order valence-electron chi connectivity index (χ1n) is 6.75. The molecule has 3 heteroatoms. The van der Waals surface area contributed by atoms with E-state index in [1.165, 1.54) is 25.0 Å². The molecule has 2 rings (SSSR count). The lowest BCUT2D eigenvalue weighted by Gasteiger charge is -2.37. The highest BCUT2D eigenvalue weighted by Gasteiger charge is 2.39. The van der Waals surface area contributed by atoms with Crippen molar-refractivity contribution >= 4 is 0 Å². The molecule has 18 heavy (non-hydrogen) atoms. The van der Waals surface area contributed by atoms with Crippen molar-refractivity contribution in [3.05, 3.63) is 35.4 Å². The first-order valence-corrected chi connectivity index (χ1v) is 6.75. The average Bonchev–Trinajstić information content (AvgIpc) is 2.84. The zero-order valence-corrected chi connectivity index (χ0v) is 11.1. The molecular weight excluding hydrogens is 232 g/mol. The molecule has 0 bridgehead atoms. The summed E-state index contributed by atoms with van der Waals surface area (Å²) in [5, 5.41) is 3.31. The van der Waals surface area contributed by atoms with Crippen LogP contribution in [0.1, 0.15) is 50.6 Å². The Bertz CT molecular complexity index is 411. The van der Waals surface area contributed by atoms with Gasteiger partial charge in [0.1, 0.15) is 0 Å². The molecule has 1 aliphatic rings. The molecule has 1 aromatic rings. The Hall–Kier alpha value is -0.960. The minimum absolute atomic E-state index is 0.111. The van der Waals surface area contributed by atoms with Crippen LogP contribution in [0.5, 0.6) is 0 Å². The van der Waals surface area contributed by atoms with E-state index in [0.717, 1.165) is 24.8 Å². The minimum atomic E-state index is -0.773. The van der Waals surface area contributed by atoms with Crippen molar-refractivity contribution in [3.63, 3.8) is 0 Å². The standard InChI is InChI=1S/C15H21F2N/c1-3-15(8-4-5-9-15)14(18-2)11-6-7-12(16)13(17)10-11/h6-7,10,14,18H,3-5,8-9H2,1-2H3. The maximum Gasteiger partial charge on any atom is 0.159 e. The van der Waals surface area contributed by atoms with Gasteiger partial charge >= 0.3 is 0 Å². The van der Waals surface area contributed by atoms with Gasteiger partial charge in [-0.05, 0) is 49.4 Å². The summed E-state index contributed by atoms with van der Waals surface area (Å²) in [6.07, 6.45) is 5.85. The summed E-state index contributed by atoms with van der Waals surface area (Å²) >= 11 is 0. The number of nitrogens with one attached hydrogen (secondary N) is 1. The van der Waals surface area contributed by atoms with Crippen molar-refractivity contribution in [2.24, 2.45) is 5.41 Å². The van der Waals surface area contributed by atoms with Gasteiger partial charge in [0.2, 0.25) is 0 Å². The predicted molar refractivity (Wildman–Crippen MR) is 69.4 cm³/mol. The SMILES string of the molecule is CCC1(C(NC)c2ccc(F)c(F)c2)CCCC1. The fourth-order valence-electron chi connectivity index (χ4n) is 3.44. The van der Waals surface area contributed by atoms with Crippen LogP contribution in [0.3, 0.4) is 0 Å². The van der Waals surface area contributed by atoms with E-state index in [-0.39, 0.29) is 11.5 Å². The Morgan fingerprint density at radius 1 is 1.22 bits per heavy atom. The molecule has 1 atom stereocenters. The Balaban J connectivity index is 2.34. The maximum atomic E-state index is 13.4. The van der Waals surface area contributed by atoms with Crippen molar-refractivity contribution in [1.82, 2.24) is 5.32 Å². The molecule has 1 fully saturated rings. The highest BCUT2D eigenvalue weighted by molar-refractivity contribution is 5.24. The topological polar surface area (TPSA) is 12.0 Å². The third-order valence-electron chi connectivity index (χ3n) is 4.48. The van der Waals surface area contributed by atoms with Crippen molar-refractivity contribution in [2.45, 2.75) is 45.1 Å². The fraction of sp³-hybridized carbons (Fsp3) is 0.600. The number of rotatable bonds is 4. The average molecular weight is 253 g/mol. The molecular formula is C15H21F2N. The Morgan fingerprint density at radius 3 is 2.39 bits per heavy atom. The Kier molecular flexibility index (Phi) is 4.00. The van der Waals surface area contributed by atoms with Crippen LogP contribution in [-0.4, -0.2) is 7.05 Å². The van der Waals surface area contributed by atoms with Crippen molar-refractivity contribution in [1.29, 1.82) is 0 Å². The molecule has 0 spiro atoms. The van der Waals surface area contributed by atoms with Crippen molar-refractivity contribution < 1.29 is 8.78 Å². The molecule has 1 N–H and O–H groups in total. The van der Waals surface area contributed by atoms with E-state index in [2.05, 4.69) is 12.2 Å². The number of hydrogen-bond acceptors (Lipinski definition) is 1. The Morgan fingerprint density at radius 2 is 1.89 bits per heavy atom. The summed E-state index contributed by atoms with van der Waals surface area (Å²) in [5.41, 5.74) is 1.05. The van der Waals surface area contributed by atoms with E-state index in [9.17, 15) is 8.78 Å². The quantitative estimate of drug-likeness (QED) is 0.848. The summed E-state index contributed by atoms with van der Waals surface area (Å²) < 4.78 is 26.4. The molecule has 0 radical (unpaired) electrons. The maximum absolute atomic E-state index is 13.4. The molecule has 1 aliphatic carbocycles. The van der Waals surface area contributed by atoms with Gasteiger partial charge in [-0.25, -0.2) is 8.78 Å². The summed E-state index contributed by atoms with van der Waals surface area (Å²) in [7, 11) is 1.90. The third-order valence-corrected chi connectivity index (χ3v) is 4.48. The lowest BCUT2D eigenvalue weighted by atomic mass is 9.73. The molecule has 1 saturated carbocycles. The molecule has 1 unspecified atom stereocenters. The lowest BCUT2D eigenvalue weighted by Crippen LogP contribution is -2.34. The summed E-state index contributed by atoms with van der Waals surface area (Å²) in [6, 6.07) is 4.38. The van der Waals surface area contributed by atoms with E-state index in [1.807, 2.05) is 7.05 Å². The zero-order chi connectivity index (χ0) is 13.2. The van der Waals surface area contributed by atoms with Crippen LogP contribution in [0, 0.1) is 17.0 Å². The van der Waals surface area contributed by atoms with Gasteiger partial charge in [-0.15, -0.1) is 0 Å². The van der Waals surface area contributed by atoms with Gasteiger partial charge in [0.15, 0.2) is 11.6 Å². The van der Waals surface area contributed by atoms with E-state index >= 15 is 0 Å². The second-order valence-electron chi connectivity index (χ2n) is 5.32. The normalized spacial score (nSPS) is 20.0. The zero-order valence-electron chi connectivity index (χ0n) is 11.1. The second kappa shape index (κ2) is 5.35. The highest BCUT2D eigenvalue weighted by Crippen LogP contribution is 2.49. The highest BCUT2D eigenvalue weighted by atomic mass is 19.2. The van der Waals surface area contributed by atoms with Crippen LogP contribution in [0.2, 0.25) is 0 Å². The molecule has 0 saturated heterocycles. The van der Waals surface area contributed by atoms with Gasteiger partial charge in [-0.2, -0.15) is 0 Å². The molecule has 1 aromatic carbocycles. The van der Waals surface area contributed by atoms with Gasteiger partial charge in [0, 0.05) is 6.04 Å². The third kappa shape index (κ3) is 2.28. The Labute approximate surface area is 108 Å². The van der Waals surface area contributed by atoms with E-state index in [4.69, 9.17) is 0 Å². The minimum Gasteiger partial charge on any atom is -0.313 e. The van der Waals surface area contributed by atoms with Crippen LogP contribution >= 0.6 is 0 Å². The smallest absolute Gasteiger partial charge is 0.159 e. The lowest BCUT2D eigenvalue weighted by molar-refractivity contribution is 0.195. The molecule has 1 nitrogen and oxygen atoms in total. The van der Waals surface area contributed by atoms with Crippen LogP contribution in [0.25, 0.3) is 0 Å². The van der Waals surface area contributed by atoms with Crippen molar-refractivity contribution in [3.8, 4) is 0 Å².